The van der Waals surface area contributed by atoms with E-state index >= 15 is 0 Å². The molecule has 0 nitrogen and oxygen atoms in total. The summed E-state index contributed by atoms with van der Waals surface area (Å²) in [7, 11) is 0. The van der Waals surface area contributed by atoms with Crippen LogP contribution in [0.2, 0.25) is 0 Å². The predicted molar refractivity (Wildman–Crippen MR) is 158 cm³/mol. The van der Waals surface area contributed by atoms with E-state index in [9.17, 15) is 0 Å². The van der Waals surface area contributed by atoms with Gasteiger partial charge in [0.15, 0.2) is 0 Å². The van der Waals surface area contributed by atoms with Crippen molar-refractivity contribution in [3.05, 3.63) is 142 Å². The summed E-state index contributed by atoms with van der Waals surface area (Å²) in [6.07, 6.45) is 0. The molecule has 5 aromatic rings. The van der Waals surface area contributed by atoms with Gasteiger partial charge in [-0.1, -0.05) is 51.0 Å². The summed E-state index contributed by atoms with van der Waals surface area (Å²) in [5.74, 6) is 1.24. The number of hydrogen-bond donors (Lipinski definition) is 0. The van der Waals surface area contributed by atoms with Crippen LogP contribution in [0.3, 0.4) is 0 Å². The molecule has 35 heavy (non-hydrogen) atoms. The number of fused-ring (bicyclic) bond motifs is 2. The molecule has 0 aliphatic carbocycles. The van der Waals surface area contributed by atoms with Gasteiger partial charge >= 0.3 is 63.8 Å². The van der Waals surface area contributed by atoms with Crippen LogP contribution >= 0.6 is 0 Å². The van der Waals surface area contributed by atoms with Gasteiger partial charge < -0.3 is 22.3 Å². The van der Waals surface area contributed by atoms with Crippen molar-refractivity contribution in [2.45, 2.75) is 39.5 Å². The second-order valence-corrected chi connectivity index (χ2v) is 9.33. The zero-order valence-electron chi connectivity index (χ0n) is 22.5. The third-order valence-corrected chi connectivity index (χ3v) is 6.45. The van der Waals surface area contributed by atoms with Gasteiger partial charge in [-0.15, -0.1) is 57.9 Å². The minimum absolute atomic E-state index is 0. The van der Waals surface area contributed by atoms with E-state index in [4.69, 9.17) is 0 Å². The quantitative estimate of drug-likeness (QED) is 0.200. The van der Waals surface area contributed by atoms with E-state index in [-0.39, 0.29) is 22.3 Å². The molecule has 0 atom stereocenters. The van der Waals surface area contributed by atoms with Crippen LogP contribution in [0.15, 0.2) is 103 Å². The third-order valence-electron chi connectivity index (χ3n) is 5.63. The summed E-state index contributed by atoms with van der Waals surface area (Å²) in [4.78, 5) is 0. The Morgan fingerprint density at radius 2 is 1.00 bits per heavy atom. The Labute approximate surface area is 230 Å². The van der Waals surface area contributed by atoms with Gasteiger partial charge in [0.25, 0.3) is 0 Å². The van der Waals surface area contributed by atoms with E-state index in [0.29, 0.717) is 11.8 Å². The monoisotopic (exact) mass is 539 g/mol. The fourth-order valence-corrected chi connectivity index (χ4v) is 4.40. The Hall–Kier alpha value is -2.37. The molecule has 0 saturated heterocycles. The van der Waals surface area contributed by atoms with Crippen molar-refractivity contribution in [1.29, 1.82) is 0 Å². The Morgan fingerprint density at radius 1 is 0.571 bits per heavy atom. The van der Waals surface area contributed by atoms with E-state index < -0.39 is 0 Å². The number of hydrogen-bond acceptors (Lipinski definition) is 0. The van der Waals surface area contributed by atoms with Gasteiger partial charge in [-0.05, 0) is 11.8 Å². The predicted octanol–water partition coefficient (Wildman–Crippen LogP) is 10.1. The molecule has 0 aromatic heterocycles. The van der Waals surface area contributed by atoms with E-state index in [1.54, 1.807) is 0 Å². The molecular formula is C34H41Zr-5. The van der Waals surface area contributed by atoms with Crippen molar-refractivity contribution in [2.24, 2.45) is 0 Å². The molecule has 0 bridgehead atoms. The van der Waals surface area contributed by atoms with Gasteiger partial charge in [0.05, 0.1) is 0 Å². The van der Waals surface area contributed by atoms with Gasteiger partial charge in [-0.25, -0.2) is 0 Å². The molecule has 5 aromatic carbocycles. The Bertz CT molecular complexity index is 1160. The fourth-order valence-electron chi connectivity index (χ4n) is 3.93. The molecule has 186 valence electrons. The first-order valence-corrected chi connectivity index (χ1v) is 12.8. The Kier molecular flexibility index (Phi) is 15.2. The molecule has 0 aliphatic heterocycles. The zero-order chi connectivity index (χ0) is 22.9. The molecule has 0 spiro atoms. The molecule has 0 aliphatic rings. The normalized spacial score (nSPS) is 9.63. The Balaban J connectivity index is 0.000000485. The van der Waals surface area contributed by atoms with E-state index in [2.05, 4.69) is 128 Å². The summed E-state index contributed by atoms with van der Waals surface area (Å²) < 4.78 is 2.17. The molecule has 0 amide bonds. The molecule has 0 radical (unpaired) electrons. The first kappa shape index (κ1) is 32.6. The summed E-state index contributed by atoms with van der Waals surface area (Å²) in [6, 6.07) is 36.4. The molecule has 5 rings (SSSR count). The van der Waals surface area contributed by atoms with E-state index in [1.807, 2.05) is 6.07 Å². The average Bonchev–Trinajstić information content (AvgIpc) is 3.49. The van der Waals surface area contributed by atoms with Crippen molar-refractivity contribution in [2.75, 3.05) is 0 Å². The first-order valence-electron chi connectivity index (χ1n) is 11.4. The molecule has 1 heteroatoms. The van der Waals surface area contributed by atoms with Crippen molar-refractivity contribution in [1.82, 2.24) is 0 Å². The van der Waals surface area contributed by atoms with Crippen LogP contribution in [-0.4, -0.2) is 3.71 Å². The summed E-state index contributed by atoms with van der Waals surface area (Å²) in [5.41, 5.74) is 4.24. The number of benzene rings is 3. The molecule has 0 unspecified atom stereocenters. The molecule has 0 fully saturated rings. The van der Waals surface area contributed by atoms with Gasteiger partial charge in [-0.3, -0.25) is 0 Å². The van der Waals surface area contributed by atoms with E-state index in [0.717, 1.165) is 0 Å². The van der Waals surface area contributed by atoms with Crippen LogP contribution in [0.4, 0.5) is 0 Å². The SMILES string of the molecule is CC(C)c1cccc2[cH-]ccc12.CC(C)c1cccc2[cH-]ccc12.[CH3-].[CH3-].[CH3-].[Zr]=[CH]c1ccccc1. The first-order chi connectivity index (χ1) is 15.5. The van der Waals surface area contributed by atoms with Crippen LogP contribution in [0, 0.1) is 22.3 Å². The minimum atomic E-state index is 0. The second-order valence-electron chi connectivity index (χ2n) is 8.62. The van der Waals surface area contributed by atoms with Crippen molar-refractivity contribution in [3.63, 3.8) is 0 Å². The molecule has 0 heterocycles. The average molecular weight is 541 g/mol. The van der Waals surface area contributed by atoms with Crippen LogP contribution in [-0.2, 0) is 24.2 Å². The van der Waals surface area contributed by atoms with Gasteiger partial charge in [-0.2, -0.15) is 24.3 Å². The Morgan fingerprint density at radius 3 is 1.34 bits per heavy atom. The van der Waals surface area contributed by atoms with Crippen LogP contribution in [0.1, 0.15) is 56.2 Å². The molecule has 0 N–H and O–H groups in total. The third kappa shape index (κ3) is 8.97. The van der Waals surface area contributed by atoms with Crippen molar-refractivity contribution < 1.29 is 24.2 Å². The van der Waals surface area contributed by atoms with Crippen LogP contribution in [0.25, 0.3) is 21.5 Å². The maximum absolute atomic E-state index is 2.24. The van der Waals surface area contributed by atoms with Gasteiger partial charge in [0.2, 0.25) is 0 Å². The second kappa shape index (κ2) is 16.3. The summed E-state index contributed by atoms with van der Waals surface area (Å²) in [6.45, 7) is 8.95. The fraction of sp³-hybridized carbons (Fsp3) is 0.176. The maximum atomic E-state index is 2.24. The topological polar surface area (TPSA) is 0 Å². The number of rotatable bonds is 3. The molecular weight excluding hydrogens is 500 g/mol. The summed E-state index contributed by atoms with van der Waals surface area (Å²) in [5, 5.41) is 5.54. The van der Waals surface area contributed by atoms with E-state index in [1.165, 1.54) is 62.5 Å². The van der Waals surface area contributed by atoms with Crippen LogP contribution < -0.4 is 0 Å². The van der Waals surface area contributed by atoms with Crippen molar-refractivity contribution >= 4 is 25.3 Å². The van der Waals surface area contributed by atoms with Gasteiger partial charge in [0.1, 0.15) is 0 Å². The summed E-state index contributed by atoms with van der Waals surface area (Å²) >= 11 is 1.46. The standard InChI is InChI=1S/2C12H13.C7H6.3CH3.Zr/c2*1-9(2)11-7-3-5-10-6-4-8-12(10)11;1-7-5-3-2-4-6-7;;;;/h2*3-9H,1-2H3;1-6H;3*1H3;/q2*-1;;3*-1;. The molecule has 0 saturated carbocycles. The van der Waals surface area contributed by atoms with Crippen molar-refractivity contribution in [3.8, 4) is 0 Å². The van der Waals surface area contributed by atoms with Crippen LogP contribution in [0.5, 0.6) is 0 Å². The van der Waals surface area contributed by atoms with Gasteiger partial charge in [0, 0.05) is 0 Å². The zero-order valence-corrected chi connectivity index (χ0v) is 25.0.